The molecule has 0 radical (unpaired) electrons. The Labute approximate surface area is 201 Å². The predicted molar refractivity (Wildman–Crippen MR) is 124 cm³/mol. The second-order valence-electron chi connectivity index (χ2n) is 9.18. The summed E-state index contributed by atoms with van der Waals surface area (Å²) in [5.74, 6) is -9.31. The molecule has 4 rings (SSSR count). The van der Waals surface area contributed by atoms with Gasteiger partial charge in [0.1, 0.15) is 18.6 Å². The van der Waals surface area contributed by atoms with Crippen LogP contribution in [0.3, 0.4) is 0 Å². The van der Waals surface area contributed by atoms with Gasteiger partial charge in [0.15, 0.2) is 0 Å². The number of aliphatic carboxylic acids is 1. The van der Waals surface area contributed by atoms with Crippen LogP contribution in [0.1, 0.15) is 37.3 Å². The summed E-state index contributed by atoms with van der Waals surface area (Å²) in [5.41, 5.74) is 4.28. The Morgan fingerprint density at radius 2 is 1.63 bits per heavy atom. The summed E-state index contributed by atoms with van der Waals surface area (Å²) < 4.78 is 32.8. The molecule has 35 heavy (non-hydrogen) atoms. The van der Waals surface area contributed by atoms with Gasteiger partial charge in [0.05, 0.1) is 5.92 Å². The van der Waals surface area contributed by atoms with E-state index in [1.54, 1.807) is 6.92 Å². The molecule has 2 aromatic carbocycles. The Hall–Kier alpha value is -3.49. The molecule has 1 saturated carbocycles. The molecule has 0 spiro atoms. The zero-order valence-corrected chi connectivity index (χ0v) is 19.5. The molecule has 3 N–H and O–H groups in total. The number of hydrogen-bond donors (Lipinski definition) is 3. The largest absolute Gasteiger partial charge is 0.481 e. The average molecular weight is 487 g/mol. The van der Waals surface area contributed by atoms with Crippen molar-refractivity contribution in [3.05, 3.63) is 59.7 Å². The lowest BCUT2D eigenvalue weighted by molar-refractivity contribution is -0.141. The maximum atomic E-state index is 13.6. The summed E-state index contributed by atoms with van der Waals surface area (Å²) in [6, 6.07) is 14.8. The Balaban J connectivity index is 1.37. The average Bonchev–Trinajstić information content (AvgIpc) is 3.26. The number of rotatable bonds is 9. The highest BCUT2D eigenvalue weighted by Gasteiger charge is 2.72. The van der Waals surface area contributed by atoms with Crippen LogP contribution >= 0.6 is 0 Å². The van der Waals surface area contributed by atoms with Gasteiger partial charge >= 0.3 is 12.1 Å². The first-order chi connectivity index (χ1) is 16.7. The van der Waals surface area contributed by atoms with Crippen molar-refractivity contribution < 1.29 is 33.0 Å². The first-order valence-corrected chi connectivity index (χ1v) is 11.7. The topological polar surface area (TPSA) is 105 Å². The smallest absolute Gasteiger partial charge is 0.407 e. The van der Waals surface area contributed by atoms with Crippen LogP contribution in [0.15, 0.2) is 48.5 Å². The van der Waals surface area contributed by atoms with Gasteiger partial charge in [-0.25, -0.2) is 13.6 Å². The molecule has 2 amide bonds. The van der Waals surface area contributed by atoms with E-state index < -0.39 is 48.3 Å². The molecule has 2 aliphatic carbocycles. The third-order valence-corrected chi connectivity index (χ3v) is 7.08. The Morgan fingerprint density at radius 3 is 2.14 bits per heavy atom. The molecule has 0 bridgehead atoms. The molecular formula is C26H28F2N2O5. The summed E-state index contributed by atoms with van der Waals surface area (Å²) in [4.78, 5) is 36.3. The van der Waals surface area contributed by atoms with Gasteiger partial charge in [0.2, 0.25) is 5.91 Å². The minimum Gasteiger partial charge on any atom is -0.481 e. The van der Waals surface area contributed by atoms with Crippen LogP contribution in [0, 0.1) is 17.8 Å². The van der Waals surface area contributed by atoms with E-state index >= 15 is 0 Å². The molecule has 2 aromatic rings. The summed E-state index contributed by atoms with van der Waals surface area (Å²) in [5, 5.41) is 13.8. The van der Waals surface area contributed by atoms with Crippen molar-refractivity contribution in [1.29, 1.82) is 0 Å². The second-order valence-corrected chi connectivity index (χ2v) is 9.18. The van der Waals surface area contributed by atoms with Gasteiger partial charge in [-0.2, -0.15) is 0 Å². The van der Waals surface area contributed by atoms with Crippen molar-refractivity contribution >= 4 is 18.0 Å². The molecule has 0 aliphatic heterocycles. The van der Waals surface area contributed by atoms with E-state index in [0.29, 0.717) is 6.42 Å². The monoisotopic (exact) mass is 486 g/mol. The van der Waals surface area contributed by atoms with E-state index in [4.69, 9.17) is 9.84 Å². The third kappa shape index (κ3) is 4.72. The zero-order valence-electron chi connectivity index (χ0n) is 19.5. The number of benzene rings is 2. The third-order valence-electron chi connectivity index (χ3n) is 7.08. The summed E-state index contributed by atoms with van der Waals surface area (Å²) >= 11 is 0. The Bertz CT molecular complexity index is 1090. The van der Waals surface area contributed by atoms with Crippen LogP contribution in [0.5, 0.6) is 0 Å². The van der Waals surface area contributed by atoms with Crippen molar-refractivity contribution in [3.8, 4) is 11.1 Å². The number of fused-ring (bicyclic) bond motifs is 3. The molecule has 4 atom stereocenters. The second kappa shape index (κ2) is 9.64. The van der Waals surface area contributed by atoms with E-state index in [-0.39, 0.29) is 18.4 Å². The number of amides is 2. The van der Waals surface area contributed by atoms with Gasteiger partial charge in [0, 0.05) is 12.5 Å². The quantitative estimate of drug-likeness (QED) is 0.497. The Kier molecular flexibility index (Phi) is 6.78. The molecule has 2 aliphatic rings. The molecular weight excluding hydrogens is 458 g/mol. The lowest BCUT2D eigenvalue weighted by Gasteiger charge is -2.24. The highest BCUT2D eigenvalue weighted by atomic mass is 19.3. The highest BCUT2D eigenvalue weighted by molar-refractivity contribution is 5.86. The van der Waals surface area contributed by atoms with E-state index in [2.05, 4.69) is 10.6 Å². The van der Waals surface area contributed by atoms with E-state index in [1.165, 1.54) is 0 Å². The number of hydrogen-bond acceptors (Lipinski definition) is 4. The number of halogens is 2. The first-order valence-electron chi connectivity index (χ1n) is 11.7. The SMILES string of the molecule is CCC(C)[C@H](NC(=O)OCC1c2ccccc2-c2ccccc21)C(=O)NC[C@@H]1[C@H](C(=O)O)C1(F)F. The van der Waals surface area contributed by atoms with Crippen molar-refractivity contribution in [1.82, 2.24) is 10.6 Å². The van der Waals surface area contributed by atoms with Crippen molar-refractivity contribution in [3.63, 3.8) is 0 Å². The number of carboxylic acids is 1. The van der Waals surface area contributed by atoms with Gasteiger partial charge < -0.3 is 20.5 Å². The van der Waals surface area contributed by atoms with Gasteiger partial charge in [-0.1, -0.05) is 68.8 Å². The minimum absolute atomic E-state index is 0.0727. The number of carbonyl (C=O) groups is 3. The molecule has 0 aromatic heterocycles. The number of carbonyl (C=O) groups excluding carboxylic acids is 2. The standard InChI is InChI=1S/C26H28F2N2O5/c1-3-14(2)22(23(31)29-12-20-21(24(32)33)26(20,27)28)30-25(34)35-13-19-17-10-6-4-8-15(17)16-9-5-7-11-18(16)19/h4-11,14,19-22H,3,12-13H2,1-2H3,(H,29,31)(H,30,34)(H,32,33)/t14?,20-,21-,22+/m1/s1. The highest BCUT2D eigenvalue weighted by Crippen LogP contribution is 2.54. The lowest BCUT2D eigenvalue weighted by Crippen LogP contribution is -2.51. The maximum Gasteiger partial charge on any atom is 0.407 e. The molecule has 0 saturated heterocycles. The van der Waals surface area contributed by atoms with Gasteiger partial charge in [-0.05, 0) is 28.2 Å². The van der Waals surface area contributed by atoms with Crippen LogP contribution in [0.2, 0.25) is 0 Å². The van der Waals surface area contributed by atoms with Crippen LogP contribution < -0.4 is 10.6 Å². The fourth-order valence-electron chi connectivity index (χ4n) is 4.77. The minimum atomic E-state index is -3.36. The number of alkyl carbamates (subject to hydrolysis) is 1. The van der Waals surface area contributed by atoms with Crippen molar-refractivity contribution in [2.75, 3.05) is 13.2 Å². The summed E-state index contributed by atoms with van der Waals surface area (Å²) in [6.07, 6.45) is -0.244. The van der Waals surface area contributed by atoms with Crippen LogP contribution in [-0.2, 0) is 14.3 Å². The van der Waals surface area contributed by atoms with Crippen molar-refractivity contribution in [2.24, 2.45) is 17.8 Å². The number of alkyl halides is 2. The number of ether oxygens (including phenoxy) is 1. The molecule has 7 nitrogen and oxygen atoms in total. The molecule has 0 heterocycles. The van der Waals surface area contributed by atoms with Gasteiger partial charge in [-0.15, -0.1) is 0 Å². The lowest BCUT2D eigenvalue weighted by atomic mass is 9.98. The van der Waals surface area contributed by atoms with Crippen molar-refractivity contribution in [2.45, 2.75) is 38.2 Å². The molecule has 186 valence electrons. The fourth-order valence-corrected chi connectivity index (χ4v) is 4.77. The van der Waals surface area contributed by atoms with Gasteiger partial charge in [-0.3, -0.25) is 9.59 Å². The fraction of sp³-hybridized carbons (Fsp3) is 0.423. The van der Waals surface area contributed by atoms with E-state index in [1.807, 2.05) is 55.5 Å². The first kappa shape index (κ1) is 24.6. The zero-order chi connectivity index (χ0) is 25.3. The molecule has 1 unspecified atom stereocenters. The van der Waals surface area contributed by atoms with E-state index in [9.17, 15) is 23.2 Å². The summed E-state index contributed by atoms with van der Waals surface area (Å²) in [6.45, 7) is 3.17. The number of carboxylic acid groups (broad SMARTS) is 1. The normalized spacial score (nSPS) is 21.3. The Morgan fingerprint density at radius 1 is 1.06 bits per heavy atom. The molecule has 9 heteroatoms. The van der Waals surface area contributed by atoms with Crippen LogP contribution in [0.4, 0.5) is 13.6 Å². The maximum absolute atomic E-state index is 13.6. The van der Waals surface area contributed by atoms with Crippen LogP contribution in [0.25, 0.3) is 11.1 Å². The number of nitrogens with one attached hydrogen (secondary N) is 2. The van der Waals surface area contributed by atoms with Gasteiger partial charge in [0.25, 0.3) is 5.92 Å². The van der Waals surface area contributed by atoms with Crippen LogP contribution in [-0.4, -0.2) is 48.2 Å². The van der Waals surface area contributed by atoms with E-state index in [0.717, 1.165) is 22.3 Å². The summed E-state index contributed by atoms with van der Waals surface area (Å²) in [7, 11) is 0. The predicted octanol–water partition coefficient (Wildman–Crippen LogP) is 4.02. The molecule has 1 fully saturated rings.